The number of nitrogens with zero attached hydrogens (tertiary/aromatic N) is 1. The molecule has 2 amide bonds. The number of carbonyl (C=O) groups is 2. The molecule has 2 saturated heterocycles. The van der Waals surface area contributed by atoms with Gasteiger partial charge in [0.25, 0.3) is 0 Å². The summed E-state index contributed by atoms with van der Waals surface area (Å²) in [5, 5.41) is 6.30. The third kappa shape index (κ3) is 6.53. The molecule has 8 heteroatoms. The normalized spacial score (nSPS) is 25.0. The van der Waals surface area contributed by atoms with Crippen molar-refractivity contribution in [2.45, 2.75) is 81.7 Å². The van der Waals surface area contributed by atoms with Gasteiger partial charge in [0.05, 0.1) is 20.3 Å². The van der Waals surface area contributed by atoms with Crippen LogP contribution in [0.4, 0.5) is 4.39 Å². The Hall–Kier alpha value is -2.19. The van der Waals surface area contributed by atoms with Gasteiger partial charge in [0.1, 0.15) is 11.6 Å². The van der Waals surface area contributed by atoms with E-state index in [2.05, 4.69) is 15.5 Å². The Balaban J connectivity index is 1.38. The first-order valence-electron chi connectivity index (χ1n) is 13.2. The number of rotatable bonds is 9. The van der Waals surface area contributed by atoms with Crippen molar-refractivity contribution < 1.29 is 23.5 Å². The Morgan fingerprint density at radius 3 is 2.54 bits per heavy atom. The van der Waals surface area contributed by atoms with Gasteiger partial charge in [-0.3, -0.25) is 14.5 Å². The second-order valence-electron chi connectivity index (χ2n) is 10.5. The summed E-state index contributed by atoms with van der Waals surface area (Å²) in [5.74, 6) is 0.0691. The lowest BCUT2D eigenvalue weighted by Gasteiger charge is -2.46. The van der Waals surface area contributed by atoms with Crippen LogP contribution in [0.25, 0.3) is 0 Å². The maximum absolute atomic E-state index is 14.6. The predicted molar refractivity (Wildman–Crippen MR) is 132 cm³/mol. The summed E-state index contributed by atoms with van der Waals surface area (Å²) in [7, 11) is 1.50. The zero-order valence-electron chi connectivity index (χ0n) is 21.0. The van der Waals surface area contributed by atoms with Gasteiger partial charge in [-0.2, -0.15) is 0 Å². The summed E-state index contributed by atoms with van der Waals surface area (Å²) < 4.78 is 25.3. The lowest BCUT2D eigenvalue weighted by atomic mass is 9.84. The number of halogens is 1. The van der Waals surface area contributed by atoms with E-state index in [0.717, 1.165) is 39.1 Å². The molecule has 2 heterocycles. The molecule has 0 bridgehead atoms. The third-order valence-corrected chi connectivity index (χ3v) is 8.19. The van der Waals surface area contributed by atoms with Crippen molar-refractivity contribution in [3.05, 3.63) is 29.6 Å². The molecule has 2 aliphatic heterocycles. The SMILES string of the molecule is COc1ccc(C[C@@]2(CCC(=O)NCC3(N4CCOCC4)CCCCCC3)CCC(=O)N2)c(F)c1. The predicted octanol–water partition coefficient (Wildman–Crippen LogP) is 3.35. The van der Waals surface area contributed by atoms with Gasteiger partial charge in [0, 0.05) is 49.6 Å². The maximum atomic E-state index is 14.6. The van der Waals surface area contributed by atoms with Gasteiger partial charge < -0.3 is 20.1 Å². The smallest absolute Gasteiger partial charge is 0.220 e. The fourth-order valence-electron chi connectivity index (χ4n) is 6.08. The van der Waals surface area contributed by atoms with Crippen molar-refractivity contribution in [3.63, 3.8) is 0 Å². The Kier molecular flexibility index (Phi) is 8.65. The van der Waals surface area contributed by atoms with Gasteiger partial charge in [0.15, 0.2) is 0 Å². The Bertz CT molecular complexity index is 881. The van der Waals surface area contributed by atoms with Crippen molar-refractivity contribution in [1.29, 1.82) is 0 Å². The maximum Gasteiger partial charge on any atom is 0.220 e. The first-order chi connectivity index (χ1) is 16.9. The molecule has 1 aromatic carbocycles. The lowest BCUT2D eigenvalue weighted by molar-refractivity contribution is -0.123. The van der Waals surface area contributed by atoms with Crippen LogP contribution >= 0.6 is 0 Å². The number of hydrogen-bond acceptors (Lipinski definition) is 5. The van der Waals surface area contributed by atoms with Crippen molar-refractivity contribution in [1.82, 2.24) is 15.5 Å². The second kappa shape index (κ2) is 11.7. The van der Waals surface area contributed by atoms with E-state index in [1.54, 1.807) is 12.1 Å². The molecular formula is C27H40FN3O4. The van der Waals surface area contributed by atoms with Crippen molar-refractivity contribution >= 4 is 11.8 Å². The molecule has 1 saturated carbocycles. The molecule has 0 unspecified atom stereocenters. The van der Waals surface area contributed by atoms with Crippen LogP contribution in [0.2, 0.25) is 0 Å². The molecule has 1 aliphatic carbocycles. The Morgan fingerprint density at radius 2 is 1.91 bits per heavy atom. The highest BCUT2D eigenvalue weighted by atomic mass is 19.1. The highest BCUT2D eigenvalue weighted by molar-refractivity contribution is 5.80. The number of benzene rings is 1. The average Bonchev–Trinajstić information content (AvgIpc) is 3.08. The molecule has 35 heavy (non-hydrogen) atoms. The van der Waals surface area contributed by atoms with Crippen LogP contribution in [0.1, 0.15) is 69.8 Å². The number of hydrogen-bond donors (Lipinski definition) is 2. The summed E-state index contributed by atoms with van der Waals surface area (Å²) >= 11 is 0. The van der Waals surface area contributed by atoms with Crippen LogP contribution in [0, 0.1) is 5.82 Å². The van der Waals surface area contributed by atoms with Crippen LogP contribution < -0.4 is 15.4 Å². The van der Waals surface area contributed by atoms with E-state index in [1.807, 2.05) is 0 Å². The number of methoxy groups -OCH3 is 1. The average molecular weight is 490 g/mol. The number of amides is 2. The van der Waals surface area contributed by atoms with E-state index in [9.17, 15) is 14.0 Å². The quantitative estimate of drug-likeness (QED) is 0.520. The second-order valence-corrected chi connectivity index (χ2v) is 10.5. The molecule has 1 aromatic rings. The van der Waals surface area contributed by atoms with Crippen molar-refractivity contribution in [2.75, 3.05) is 40.0 Å². The van der Waals surface area contributed by atoms with Crippen LogP contribution in [0.15, 0.2) is 18.2 Å². The minimum atomic E-state index is -0.603. The summed E-state index contributed by atoms with van der Waals surface area (Å²) in [5.41, 5.74) is -0.0756. The summed E-state index contributed by atoms with van der Waals surface area (Å²) in [6.07, 6.45) is 9.24. The van der Waals surface area contributed by atoms with Gasteiger partial charge in [-0.25, -0.2) is 4.39 Å². The first-order valence-corrected chi connectivity index (χ1v) is 13.2. The lowest BCUT2D eigenvalue weighted by Crippen LogP contribution is -2.58. The summed E-state index contributed by atoms with van der Waals surface area (Å²) in [6.45, 7) is 3.98. The number of carbonyl (C=O) groups excluding carboxylic acids is 2. The molecular weight excluding hydrogens is 449 g/mol. The van der Waals surface area contributed by atoms with Crippen LogP contribution in [0.3, 0.4) is 0 Å². The highest BCUT2D eigenvalue weighted by Crippen LogP contribution is 2.34. The largest absolute Gasteiger partial charge is 0.497 e. The summed E-state index contributed by atoms with van der Waals surface area (Å²) in [4.78, 5) is 27.7. The number of ether oxygens (including phenoxy) is 2. The molecule has 2 N–H and O–H groups in total. The fourth-order valence-corrected chi connectivity index (χ4v) is 6.08. The van der Waals surface area contributed by atoms with Gasteiger partial charge in [-0.05, 0) is 43.7 Å². The zero-order chi connectivity index (χ0) is 24.7. The van der Waals surface area contributed by atoms with Gasteiger partial charge in [-0.1, -0.05) is 31.7 Å². The third-order valence-electron chi connectivity index (χ3n) is 8.19. The van der Waals surface area contributed by atoms with E-state index in [0.29, 0.717) is 50.0 Å². The number of morpholine rings is 1. The zero-order valence-corrected chi connectivity index (χ0v) is 21.0. The molecule has 0 spiro atoms. The number of nitrogens with one attached hydrogen (secondary N) is 2. The highest BCUT2D eigenvalue weighted by Gasteiger charge is 2.40. The minimum absolute atomic E-state index is 0.00141. The monoisotopic (exact) mass is 489 g/mol. The van der Waals surface area contributed by atoms with Gasteiger partial charge in [0.2, 0.25) is 11.8 Å². The molecule has 7 nitrogen and oxygen atoms in total. The van der Waals surface area contributed by atoms with Gasteiger partial charge in [-0.15, -0.1) is 0 Å². The molecule has 3 fully saturated rings. The van der Waals surface area contributed by atoms with E-state index < -0.39 is 5.54 Å². The standard InChI is InChI=1S/C27H40FN3O4/c1-34-22-7-6-21(23(28)18-22)19-26(13-9-25(33)30-26)12-8-24(32)29-20-27(10-4-2-3-5-11-27)31-14-16-35-17-15-31/h6-7,18H,2-5,8-17,19-20H2,1H3,(H,29,32)(H,30,33)/t26-/m1/s1. The molecule has 1 atom stereocenters. The van der Waals surface area contributed by atoms with E-state index in [4.69, 9.17) is 9.47 Å². The first kappa shape index (κ1) is 25.9. The van der Waals surface area contributed by atoms with Crippen molar-refractivity contribution in [3.8, 4) is 5.75 Å². The van der Waals surface area contributed by atoms with Crippen LogP contribution in [-0.4, -0.2) is 67.7 Å². The molecule has 0 radical (unpaired) electrons. The van der Waals surface area contributed by atoms with E-state index in [1.165, 1.54) is 38.9 Å². The van der Waals surface area contributed by atoms with Crippen LogP contribution in [-0.2, 0) is 20.7 Å². The Labute approximate surface area is 208 Å². The van der Waals surface area contributed by atoms with E-state index in [-0.39, 0.29) is 23.2 Å². The van der Waals surface area contributed by atoms with E-state index >= 15 is 0 Å². The van der Waals surface area contributed by atoms with Crippen molar-refractivity contribution in [2.24, 2.45) is 0 Å². The summed E-state index contributed by atoms with van der Waals surface area (Å²) in [6, 6.07) is 4.80. The fraction of sp³-hybridized carbons (Fsp3) is 0.704. The van der Waals surface area contributed by atoms with Crippen LogP contribution in [0.5, 0.6) is 5.75 Å². The minimum Gasteiger partial charge on any atom is -0.497 e. The molecule has 3 aliphatic rings. The Morgan fingerprint density at radius 1 is 1.17 bits per heavy atom. The topological polar surface area (TPSA) is 79.9 Å². The molecule has 4 rings (SSSR count). The molecule has 0 aromatic heterocycles. The van der Waals surface area contributed by atoms with Gasteiger partial charge >= 0.3 is 0 Å². The molecule has 194 valence electrons.